The molecule has 0 amide bonds. The lowest BCUT2D eigenvalue weighted by Crippen LogP contribution is -2.28. The van der Waals surface area contributed by atoms with Crippen molar-refractivity contribution in [2.45, 2.75) is 44.6 Å². The monoisotopic (exact) mass is 245 g/mol. The van der Waals surface area contributed by atoms with Gasteiger partial charge in [0.2, 0.25) is 0 Å². The van der Waals surface area contributed by atoms with Crippen LogP contribution < -0.4 is 5.32 Å². The van der Waals surface area contributed by atoms with Gasteiger partial charge in [0.05, 0.1) is 5.75 Å². The summed E-state index contributed by atoms with van der Waals surface area (Å²) >= 11 is 0. The van der Waals surface area contributed by atoms with E-state index < -0.39 is 9.84 Å². The zero-order valence-corrected chi connectivity index (χ0v) is 11.1. The molecular weight excluding hydrogens is 222 g/mol. The van der Waals surface area contributed by atoms with Crippen LogP contribution in [0.5, 0.6) is 0 Å². The Morgan fingerprint density at radius 3 is 2.69 bits per heavy atom. The summed E-state index contributed by atoms with van der Waals surface area (Å²) < 4.78 is 22.2. The summed E-state index contributed by atoms with van der Waals surface area (Å²) in [5.41, 5.74) is 1.50. The van der Waals surface area contributed by atoms with Gasteiger partial charge in [-0.2, -0.15) is 0 Å². The molecule has 0 spiro atoms. The van der Waals surface area contributed by atoms with E-state index in [1.807, 2.05) is 7.05 Å². The van der Waals surface area contributed by atoms with Gasteiger partial charge in [0.1, 0.15) is 9.84 Å². The van der Waals surface area contributed by atoms with Gasteiger partial charge < -0.3 is 5.32 Å². The van der Waals surface area contributed by atoms with Gasteiger partial charge in [-0.1, -0.05) is 11.6 Å². The summed E-state index contributed by atoms with van der Waals surface area (Å²) in [5.74, 6) is 0.284. The molecule has 0 aromatic heterocycles. The minimum absolute atomic E-state index is 0.284. The predicted octanol–water partition coefficient (Wildman–Crippen LogP) is 1.90. The maximum atomic E-state index is 11.1. The molecule has 0 saturated heterocycles. The standard InChI is InChI=1S/C12H23NO2S/c1-13-12(8-9-16(2,14)15)10-11-6-4-3-5-7-11/h6,12-13H,3-5,7-10H2,1-2H3. The van der Waals surface area contributed by atoms with Crippen LogP contribution in [-0.4, -0.2) is 33.5 Å². The SMILES string of the molecule is CNC(CCS(C)(=O)=O)CC1=CCCCC1. The first kappa shape index (κ1) is 13.7. The van der Waals surface area contributed by atoms with Crippen molar-refractivity contribution in [1.29, 1.82) is 0 Å². The van der Waals surface area contributed by atoms with Gasteiger partial charge >= 0.3 is 0 Å². The summed E-state index contributed by atoms with van der Waals surface area (Å²) in [5, 5.41) is 3.22. The van der Waals surface area contributed by atoms with E-state index in [9.17, 15) is 8.42 Å². The lowest BCUT2D eigenvalue weighted by atomic mass is 9.93. The van der Waals surface area contributed by atoms with Gasteiger partial charge in [-0.15, -0.1) is 0 Å². The largest absolute Gasteiger partial charge is 0.317 e. The molecule has 0 bridgehead atoms. The fourth-order valence-electron chi connectivity index (χ4n) is 2.11. The molecule has 94 valence electrons. The molecule has 0 heterocycles. The molecule has 1 N–H and O–H groups in total. The van der Waals surface area contributed by atoms with Gasteiger partial charge in [-0.3, -0.25) is 0 Å². The van der Waals surface area contributed by atoms with Gasteiger partial charge in [0.15, 0.2) is 0 Å². The third-order valence-corrected chi connectivity index (χ3v) is 4.12. The summed E-state index contributed by atoms with van der Waals surface area (Å²) in [6.07, 6.45) is 10.3. The Hall–Kier alpha value is -0.350. The maximum Gasteiger partial charge on any atom is 0.147 e. The molecule has 3 nitrogen and oxygen atoms in total. The van der Waals surface area contributed by atoms with Gasteiger partial charge in [-0.05, 0) is 45.6 Å². The topological polar surface area (TPSA) is 46.2 Å². The lowest BCUT2D eigenvalue weighted by Gasteiger charge is -2.20. The Morgan fingerprint density at radius 2 is 2.19 bits per heavy atom. The Kier molecular flexibility index (Phi) is 5.49. The Bertz CT molecular complexity index is 333. The highest BCUT2D eigenvalue weighted by Crippen LogP contribution is 2.22. The van der Waals surface area contributed by atoms with Crippen LogP contribution in [0.2, 0.25) is 0 Å². The van der Waals surface area contributed by atoms with Crippen molar-refractivity contribution in [2.24, 2.45) is 0 Å². The highest BCUT2D eigenvalue weighted by molar-refractivity contribution is 7.90. The van der Waals surface area contributed by atoms with Crippen LogP contribution >= 0.6 is 0 Å². The Morgan fingerprint density at radius 1 is 1.44 bits per heavy atom. The van der Waals surface area contributed by atoms with Crippen molar-refractivity contribution in [1.82, 2.24) is 5.32 Å². The number of allylic oxidation sites excluding steroid dienone is 1. The van der Waals surface area contributed by atoms with Crippen molar-refractivity contribution in [3.63, 3.8) is 0 Å². The summed E-state index contributed by atoms with van der Waals surface area (Å²) in [4.78, 5) is 0. The lowest BCUT2D eigenvalue weighted by molar-refractivity contribution is 0.516. The third kappa shape index (κ3) is 5.66. The van der Waals surface area contributed by atoms with Crippen LogP contribution in [0.3, 0.4) is 0 Å². The number of sulfone groups is 1. The molecule has 1 aliphatic rings. The van der Waals surface area contributed by atoms with E-state index in [-0.39, 0.29) is 5.75 Å². The minimum Gasteiger partial charge on any atom is -0.317 e. The first-order valence-electron chi connectivity index (χ1n) is 6.04. The summed E-state index contributed by atoms with van der Waals surface area (Å²) in [6.45, 7) is 0. The van der Waals surface area contributed by atoms with E-state index in [0.717, 1.165) is 6.42 Å². The Balaban J connectivity index is 2.39. The van der Waals surface area contributed by atoms with Gasteiger partial charge in [-0.25, -0.2) is 8.42 Å². The van der Waals surface area contributed by atoms with E-state index in [1.54, 1.807) is 0 Å². The smallest absolute Gasteiger partial charge is 0.147 e. The predicted molar refractivity (Wildman–Crippen MR) is 68.3 cm³/mol. The van der Waals surface area contributed by atoms with Crippen LogP contribution in [0, 0.1) is 0 Å². The quantitative estimate of drug-likeness (QED) is 0.727. The molecule has 1 rings (SSSR count). The number of hydrogen-bond acceptors (Lipinski definition) is 3. The average molecular weight is 245 g/mol. The van der Waals surface area contributed by atoms with Crippen molar-refractivity contribution < 1.29 is 8.42 Å². The van der Waals surface area contributed by atoms with Crippen LogP contribution in [0.25, 0.3) is 0 Å². The second-order valence-electron chi connectivity index (χ2n) is 4.72. The molecule has 1 atom stereocenters. The average Bonchev–Trinajstić information content (AvgIpc) is 2.24. The zero-order chi connectivity index (χ0) is 12.0. The minimum atomic E-state index is -2.83. The third-order valence-electron chi connectivity index (χ3n) is 3.14. The second kappa shape index (κ2) is 6.40. The van der Waals surface area contributed by atoms with Gasteiger partial charge in [0, 0.05) is 12.3 Å². The van der Waals surface area contributed by atoms with Gasteiger partial charge in [0.25, 0.3) is 0 Å². The molecule has 0 aromatic carbocycles. The molecule has 0 fully saturated rings. The van der Waals surface area contributed by atoms with Crippen LogP contribution in [0.4, 0.5) is 0 Å². The van der Waals surface area contributed by atoms with E-state index >= 15 is 0 Å². The van der Waals surface area contributed by atoms with Crippen LogP contribution in [0.15, 0.2) is 11.6 Å². The van der Waals surface area contributed by atoms with E-state index in [4.69, 9.17) is 0 Å². The fraction of sp³-hybridized carbons (Fsp3) is 0.833. The first-order valence-corrected chi connectivity index (χ1v) is 8.10. The summed E-state index contributed by atoms with van der Waals surface area (Å²) in [6, 6.07) is 0.305. The Labute approximate surface area is 99.2 Å². The van der Waals surface area contributed by atoms with Crippen molar-refractivity contribution in [3.8, 4) is 0 Å². The molecule has 0 radical (unpaired) electrons. The van der Waals surface area contributed by atoms with Crippen molar-refractivity contribution >= 4 is 9.84 Å². The molecule has 0 aliphatic heterocycles. The van der Waals surface area contributed by atoms with E-state index in [2.05, 4.69) is 11.4 Å². The second-order valence-corrected chi connectivity index (χ2v) is 6.98. The summed E-state index contributed by atoms with van der Waals surface area (Å²) in [7, 11) is -0.917. The van der Waals surface area contributed by atoms with Crippen molar-refractivity contribution in [3.05, 3.63) is 11.6 Å². The normalized spacial score (nSPS) is 19.2. The fourth-order valence-corrected chi connectivity index (χ4v) is 2.82. The maximum absolute atomic E-state index is 11.1. The van der Waals surface area contributed by atoms with Crippen LogP contribution in [-0.2, 0) is 9.84 Å². The number of rotatable bonds is 6. The van der Waals surface area contributed by atoms with E-state index in [1.165, 1.54) is 37.5 Å². The highest BCUT2D eigenvalue weighted by atomic mass is 32.2. The molecule has 0 aromatic rings. The molecule has 16 heavy (non-hydrogen) atoms. The molecule has 4 heteroatoms. The molecular formula is C12H23NO2S. The highest BCUT2D eigenvalue weighted by Gasteiger charge is 2.13. The van der Waals surface area contributed by atoms with Crippen LogP contribution in [0.1, 0.15) is 38.5 Å². The zero-order valence-electron chi connectivity index (χ0n) is 10.3. The first-order chi connectivity index (χ1) is 7.51. The van der Waals surface area contributed by atoms with E-state index in [0.29, 0.717) is 12.5 Å². The number of nitrogens with one attached hydrogen (secondary N) is 1. The number of hydrogen-bond donors (Lipinski definition) is 1. The van der Waals surface area contributed by atoms with Crippen molar-refractivity contribution in [2.75, 3.05) is 19.1 Å². The molecule has 0 saturated carbocycles. The molecule has 1 unspecified atom stereocenters. The molecule has 1 aliphatic carbocycles.